The van der Waals surface area contributed by atoms with Gasteiger partial charge in [-0.3, -0.25) is 14.9 Å². The monoisotopic (exact) mass is 255 g/mol. The van der Waals surface area contributed by atoms with E-state index in [4.69, 9.17) is 4.74 Å². The average Bonchev–Trinajstić information content (AvgIpc) is 2.83. The summed E-state index contributed by atoms with van der Waals surface area (Å²) in [5.41, 5.74) is 0. The number of amides is 3. The quantitative estimate of drug-likeness (QED) is 0.578. The highest BCUT2D eigenvalue weighted by molar-refractivity contribution is 6.01. The lowest BCUT2D eigenvalue weighted by Crippen LogP contribution is -2.52. The summed E-state index contributed by atoms with van der Waals surface area (Å²) in [4.78, 5) is 33.8. The highest BCUT2D eigenvalue weighted by atomic mass is 16.5. The second-order valence-electron chi connectivity index (χ2n) is 4.54. The zero-order valence-corrected chi connectivity index (χ0v) is 10.0. The van der Waals surface area contributed by atoms with Gasteiger partial charge in [-0.1, -0.05) is 0 Å². The maximum absolute atomic E-state index is 11.5. The van der Waals surface area contributed by atoms with Crippen molar-refractivity contribution in [1.29, 1.82) is 0 Å². The summed E-state index contributed by atoms with van der Waals surface area (Å²) in [6.45, 7) is 1.25. The number of hydrogen-bond acceptors (Lipinski definition) is 5. The summed E-state index contributed by atoms with van der Waals surface area (Å²) < 4.78 is 5.03. The van der Waals surface area contributed by atoms with Crippen LogP contribution in [0.25, 0.3) is 0 Å². The Kier molecular flexibility index (Phi) is 4.14. The normalized spacial score (nSPS) is 27.8. The number of nitrogens with one attached hydrogen (secondary N) is 3. The number of ether oxygens (including phenoxy) is 1. The van der Waals surface area contributed by atoms with E-state index in [0.717, 1.165) is 19.4 Å². The minimum atomic E-state index is -0.674. The van der Waals surface area contributed by atoms with Gasteiger partial charge in [0.15, 0.2) is 0 Å². The molecule has 2 aliphatic heterocycles. The average molecular weight is 255 g/mol. The number of alkyl carbamates (subject to hydrolysis) is 1. The van der Waals surface area contributed by atoms with Crippen LogP contribution in [-0.4, -0.2) is 43.1 Å². The second kappa shape index (κ2) is 5.81. The van der Waals surface area contributed by atoms with E-state index in [9.17, 15) is 14.4 Å². The standard InChI is InChI=1S/C11H17N3O4/c15-9-4-3-8(10(16)14-9)13-11(17)18-6-7-2-1-5-12-7/h7-8,12H,1-6H2,(H,13,17)(H,14,15,16)/t7-,8?/m0/s1. The molecule has 2 atom stereocenters. The van der Waals surface area contributed by atoms with Crippen molar-refractivity contribution in [2.24, 2.45) is 0 Å². The van der Waals surface area contributed by atoms with E-state index in [0.29, 0.717) is 13.0 Å². The maximum atomic E-state index is 11.5. The molecule has 18 heavy (non-hydrogen) atoms. The minimum absolute atomic E-state index is 0.206. The fraction of sp³-hybridized carbons (Fsp3) is 0.727. The molecule has 0 bridgehead atoms. The van der Waals surface area contributed by atoms with Crippen LogP contribution < -0.4 is 16.0 Å². The zero-order valence-electron chi connectivity index (χ0n) is 10.0. The molecule has 0 spiro atoms. The zero-order chi connectivity index (χ0) is 13.0. The van der Waals surface area contributed by atoms with Crippen molar-refractivity contribution in [2.45, 2.75) is 37.8 Å². The van der Waals surface area contributed by atoms with E-state index in [1.165, 1.54) is 0 Å². The molecule has 7 nitrogen and oxygen atoms in total. The lowest BCUT2D eigenvalue weighted by Gasteiger charge is -2.21. The maximum Gasteiger partial charge on any atom is 0.407 e. The van der Waals surface area contributed by atoms with Gasteiger partial charge < -0.3 is 15.4 Å². The van der Waals surface area contributed by atoms with Crippen LogP contribution in [0.4, 0.5) is 4.79 Å². The highest BCUT2D eigenvalue weighted by Crippen LogP contribution is 2.06. The topological polar surface area (TPSA) is 96.5 Å². The molecule has 2 saturated heterocycles. The molecular weight excluding hydrogens is 238 g/mol. The van der Waals surface area contributed by atoms with Gasteiger partial charge in [0.25, 0.3) is 0 Å². The van der Waals surface area contributed by atoms with Crippen LogP contribution in [0.3, 0.4) is 0 Å². The van der Waals surface area contributed by atoms with Gasteiger partial charge in [0.1, 0.15) is 12.6 Å². The highest BCUT2D eigenvalue weighted by Gasteiger charge is 2.28. The Bertz CT molecular complexity index is 352. The summed E-state index contributed by atoms with van der Waals surface area (Å²) in [5, 5.41) is 7.83. The van der Waals surface area contributed by atoms with Gasteiger partial charge in [0.2, 0.25) is 11.8 Å². The first-order chi connectivity index (χ1) is 8.65. The van der Waals surface area contributed by atoms with Crippen LogP contribution in [0.5, 0.6) is 0 Å². The van der Waals surface area contributed by atoms with Crippen LogP contribution in [0.1, 0.15) is 25.7 Å². The van der Waals surface area contributed by atoms with Crippen molar-refractivity contribution in [3.63, 3.8) is 0 Å². The molecule has 2 rings (SSSR count). The molecule has 0 radical (unpaired) electrons. The first-order valence-corrected chi connectivity index (χ1v) is 6.15. The Morgan fingerprint density at radius 1 is 1.39 bits per heavy atom. The van der Waals surface area contributed by atoms with Gasteiger partial charge in [-0.2, -0.15) is 0 Å². The molecule has 100 valence electrons. The van der Waals surface area contributed by atoms with E-state index in [-0.39, 0.29) is 18.4 Å². The molecule has 3 N–H and O–H groups in total. The van der Waals surface area contributed by atoms with Crippen molar-refractivity contribution < 1.29 is 19.1 Å². The van der Waals surface area contributed by atoms with Crippen LogP contribution in [0.15, 0.2) is 0 Å². The van der Waals surface area contributed by atoms with Gasteiger partial charge in [-0.15, -0.1) is 0 Å². The summed E-state index contributed by atoms with van der Waals surface area (Å²) in [6, 6.07) is -0.468. The fourth-order valence-corrected chi connectivity index (χ4v) is 2.09. The van der Waals surface area contributed by atoms with E-state index < -0.39 is 18.0 Å². The molecule has 2 fully saturated rings. The Balaban J connectivity index is 1.70. The molecule has 0 aromatic heterocycles. The molecule has 7 heteroatoms. The van der Waals surface area contributed by atoms with Crippen molar-refractivity contribution in [2.75, 3.05) is 13.2 Å². The molecule has 2 heterocycles. The van der Waals surface area contributed by atoms with Crippen molar-refractivity contribution in [3.05, 3.63) is 0 Å². The molecule has 1 unspecified atom stereocenters. The van der Waals surface area contributed by atoms with Gasteiger partial charge in [-0.05, 0) is 25.8 Å². The molecule has 0 aromatic rings. The Morgan fingerprint density at radius 2 is 2.22 bits per heavy atom. The molecule has 2 aliphatic rings. The number of imide groups is 1. The van der Waals surface area contributed by atoms with Crippen LogP contribution >= 0.6 is 0 Å². The smallest absolute Gasteiger partial charge is 0.407 e. The Labute approximate surface area is 105 Å². The third-order valence-electron chi connectivity index (χ3n) is 3.11. The van der Waals surface area contributed by atoms with E-state index >= 15 is 0 Å². The molecule has 0 saturated carbocycles. The van der Waals surface area contributed by atoms with Gasteiger partial charge >= 0.3 is 6.09 Å². The van der Waals surface area contributed by atoms with Crippen molar-refractivity contribution >= 4 is 17.9 Å². The Hall–Kier alpha value is -1.63. The molecule has 0 aromatic carbocycles. The van der Waals surface area contributed by atoms with Gasteiger partial charge in [-0.25, -0.2) is 4.79 Å². The van der Waals surface area contributed by atoms with E-state index in [1.54, 1.807) is 0 Å². The first kappa shape index (κ1) is 12.8. The lowest BCUT2D eigenvalue weighted by molar-refractivity contribution is -0.134. The third-order valence-corrected chi connectivity index (χ3v) is 3.11. The SMILES string of the molecule is O=C1CCC(NC(=O)OC[C@@H]2CCCN2)C(=O)N1. The summed E-state index contributed by atoms with van der Waals surface area (Å²) in [6.07, 6.45) is 2.02. The number of carbonyl (C=O) groups is 3. The van der Waals surface area contributed by atoms with Gasteiger partial charge in [0, 0.05) is 12.5 Å². The van der Waals surface area contributed by atoms with Crippen LogP contribution in [0, 0.1) is 0 Å². The lowest BCUT2D eigenvalue weighted by atomic mass is 10.1. The van der Waals surface area contributed by atoms with E-state index in [2.05, 4.69) is 16.0 Å². The largest absolute Gasteiger partial charge is 0.448 e. The fourth-order valence-electron chi connectivity index (χ4n) is 2.09. The molecule has 3 amide bonds. The molecule has 0 aliphatic carbocycles. The number of rotatable bonds is 3. The number of carbonyl (C=O) groups excluding carboxylic acids is 3. The predicted octanol–water partition coefficient (Wildman–Crippen LogP) is -0.730. The third kappa shape index (κ3) is 3.43. The van der Waals surface area contributed by atoms with Crippen LogP contribution in [0.2, 0.25) is 0 Å². The number of hydrogen-bond donors (Lipinski definition) is 3. The second-order valence-corrected chi connectivity index (χ2v) is 4.54. The van der Waals surface area contributed by atoms with Crippen LogP contribution in [-0.2, 0) is 14.3 Å². The number of piperidine rings is 1. The summed E-state index contributed by atoms with van der Waals surface area (Å²) in [7, 11) is 0. The first-order valence-electron chi connectivity index (χ1n) is 6.15. The van der Waals surface area contributed by atoms with Crippen molar-refractivity contribution in [3.8, 4) is 0 Å². The minimum Gasteiger partial charge on any atom is -0.448 e. The predicted molar refractivity (Wildman–Crippen MR) is 61.7 cm³/mol. The van der Waals surface area contributed by atoms with E-state index in [1.807, 2.05) is 0 Å². The summed E-state index contributed by atoms with van der Waals surface area (Å²) >= 11 is 0. The molecular formula is C11H17N3O4. The summed E-state index contributed by atoms with van der Waals surface area (Å²) in [5.74, 6) is -0.774. The van der Waals surface area contributed by atoms with Crippen molar-refractivity contribution in [1.82, 2.24) is 16.0 Å². The van der Waals surface area contributed by atoms with Gasteiger partial charge in [0.05, 0.1) is 0 Å². The Morgan fingerprint density at radius 3 is 2.89 bits per heavy atom.